The first kappa shape index (κ1) is 12.4. The Labute approximate surface area is 115 Å². The molecule has 19 heavy (non-hydrogen) atoms. The molecule has 1 aliphatic heterocycles. The molecule has 2 N–H and O–H groups in total. The fourth-order valence-electron chi connectivity index (χ4n) is 2.16. The number of rotatable bonds is 3. The molecule has 2 heterocycles. The highest BCUT2D eigenvalue weighted by Gasteiger charge is 2.20. The van der Waals surface area contributed by atoms with Crippen LogP contribution < -0.4 is 5.73 Å². The molecule has 5 nitrogen and oxygen atoms in total. The van der Waals surface area contributed by atoms with Crippen LogP contribution in [0.4, 0.5) is 5.69 Å². The van der Waals surface area contributed by atoms with Crippen molar-refractivity contribution in [1.29, 1.82) is 0 Å². The topological polar surface area (TPSA) is 74.2 Å². The molecule has 0 amide bonds. The normalized spacial score (nSPS) is 18.9. The Hall–Kier alpha value is -1.59. The van der Waals surface area contributed by atoms with Crippen molar-refractivity contribution >= 4 is 17.3 Å². The van der Waals surface area contributed by atoms with Gasteiger partial charge < -0.3 is 15.0 Å². The van der Waals surface area contributed by atoms with E-state index >= 15 is 0 Å². The van der Waals surface area contributed by atoms with Gasteiger partial charge in [0.2, 0.25) is 0 Å². The maximum absolute atomic E-state index is 6.11. The van der Waals surface area contributed by atoms with Gasteiger partial charge in [-0.15, -0.1) is 0 Å². The summed E-state index contributed by atoms with van der Waals surface area (Å²) >= 11 is 6.11. The molecule has 0 radical (unpaired) electrons. The van der Waals surface area contributed by atoms with Crippen LogP contribution in [0.15, 0.2) is 22.7 Å². The van der Waals surface area contributed by atoms with E-state index in [1.165, 1.54) is 0 Å². The first-order valence-corrected chi connectivity index (χ1v) is 6.60. The van der Waals surface area contributed by atoms with Crippen molar-refractivity contribution in [3.8, 4) is 11.5 Å². The van der Waals surface area contributed by atoms with Crippen LogP contribution in [0.25, 0.3) is 11.5 Å². The molecule has 1 fully saturated rings. The predicted octanol–water partition coefficient (Wildman–Crippen LogP) is 2.69. The number of nitrogens with two attached hydrogens (primary N) is 1. The van der Waals surface area contributed by atoms with E-state index in [1.807, 2.05) is 0 Å². The number of nitrogen functional groups attached to an aromatic ring is 1. The van der Waals surface area contributed by atoms with Gasteiger partial charge in [-0.05, 0) is 31.0 Å². The predicted molar refractivity (Wildman–Crippen MR) is 71.8 cm³/mol. The zero-order chi connectivity index (χ0) is 13.2. The number of hydrogen-bond acceptors (Lipinski definition) is 5. The third-order valence-electron chi connectivity index (χ3n) is 3.13. The number of anilines is 1. The number of hydrogen-bond donors (Lipinski definition) is 1. The highest BCUT2D eigenvalue weighted by molar-refractivity contribution is 6.33. The standard InChI is InChI=1S/C13H14ClN3O2/c14-11-6-8(15)3-4-10(11)13-16-12(17-19-13)7-9-2-1-5-18-9/h3-4,6,9H,1-2,5,7,15H2. The second kappa shape index (κ2) is 5.19. The van der Waals surface area contributed by atoms with Gasteiger partial charge in [-0.3, -0.25) is 0 Å². The van der Waals surface area contributed by atoms with E-state index in [1.54, 1.807) is 18.2 Å². The minimum atomic E-state index is 0.201. The molecule has 6 heteroatoms. The van der Waals surface area contributed by atoms with Crippen molar-refractivity contribution in [2.75, 3.05) is 12.3 Å². The van der Waals surface area contributed by atoms with Crippen LogP contribution in [-0.2, 0) is 11.2 Å². The first-order chi connectivity index (χ1) is 9.22. The average molecular weight is 280 g/mol. The SMILES string of the molecule is Nc1ccc(-c2nc(CC3CCCO3)no2)c(Cl)c1. The minimum Gasteiger partial charge on any atom is -0.399 e. The lowest BCUT2D eigenvalue weighted by molar-refractivity contribution is 0.109. The summed E-state index contributed by atoms with van der Waals surface area (Å²) in [4.78, 5) is 4.35. The highest BCUT2D eigenvalue weighted by atomic mass is 35.5. The van der Waals surface area contributed by atoms with E-state index in [4.69, 9.17) is 26.6 Å². The summed E-state index contributed by atoms with van der Waals surface area (Å²) in [6, 6.07) is 5.20. The lowest BCUT2D eigenvalue weighted by atomic mass is 10.2. The van der Waals surface area contributed by atoms with Gasteiger partial charge in [0.1, 0.15) is 0 Å². The van der Waals surface area contributed by atoms with Crippen molar-refractivity contribution in [3.63, 3.8) is 0 Å². The first-order valence-electron chi connectivity index (χ1n) is 6.22. The Morgan fingerprint density at radius 2 is 2.32 bits per heavy atom. The van der Waals surface area contributed by atoms with Crippen LogP contribution in [0.1, 0.15) is 18.7 Å². The monoisotopic (exact) mass is 279 g/mol. The van der Waals surface area contributed by atoms with Crippen LogP contribution in [0, 0.1) is 0 Å². The molecule has 0 saturated carbocycles. The largest absolute Gasteiger partial charge is 0.399 e. The van der Waals surface area contributed by atoms with E-state index in [2.05, 4.69) is 10.1 Å². The van der Waals surface area contributed by atoms with Crippen molar-refractivity contribution in [2.45, 2.75) is 25.4 Å². The highest BCUT2D eigenvalue weighted by Crippen LogP contribution is 2.28. The van der Waals surface area contributed by atoms with Gasteiger partial charge in [0.25, 0.3) is 5.89 Å². The quantitative estimate of drug-likeness (QED) is 0.875. The summed E-state index contributed by atoms with van der Waals surface area (Å²) in [5, 5.41) is 4.47. The maximum Gasteiger partial charge on any atom is 0.259 e. The number of aromatic nitrogens is 2. The zero-order valence-electron chi connectivity index (χ0n) is 10.3. The van der Waals surface area contributed by atoms with Gasteiger partial charge in [0, 0.05) is 18.7 Å². The number of halogens is 1. The molecule has 0 spiro atoms. The lowest BCUT2D eigenvalue weighted by Gasteiger charge is -2.04. The van der Waals surface area contributed by atoms with E-state index < -0.39 is 0 Å². The molecule has 100 valence electrons. The third-order valence-corrected chi connectivity index (χ3v) is 3.44. The van der Waals surface area contributed by atoms with Crippen molar-refractivity contribution in [1.82, 2.24) is 10.1 Å². The Bertz CT molecular complexity index is 579. The molecule has 0 bridgehead atoms. The second-order valence-electron chi connectivity index (χ2n) is 4.59. The Balaban J connectivity index is 1.80. The van der Waals surface area contributed by atoms with E-state index in [0.717, 1.165) is 19.4 Å². The van der Waals surface area contributed by atoms with Crippen LogP contribution in [-0.4, -0.2) is 22.9 Å². The summed E-state index contributed by atoms with van der Waals surface area (Å²) < 4.78 is 10.8. The molecule has 1 aromatic heterocycles. The molecule has 3 rings (SSSR count). The maximum atomic E-state index is 6.11. The summed E-state index contributed by atoms with van der Waals surface area (Å²) in [5.74, 6) is 1.06. The van der Waals surface area contributed by atoms with Crippen molar-refractivity contribution in [3.05, 3.63) is 29.0 Å². The van der Waals surface area contributed by atoms with Gasteiger partial charge in [-0.25, -0.2) is 0 Å². The Morgan fingerprint density at radius 3 is 3.05 bits per heavy atom. The van der Waals surface area contributed by atoms with Crippen molar-refractivity contribution < 1.29 is 9.26 Å². The number of benzene rings is 1. The molecule has 2 aromatic rings. The summed E-state index contributed by atoms with van der Waals surface area (Å²) in [6.45, 7) is 0.819. The Kier molecular flexibility index (Phi) is 3.40. The molecular formula is C13H14ClN3O2. The van der Waals surface area contributed by atoms with E-state index in [9.17, 15) is 0 Å². The van der Waals surface area contributed by atoms with Crippen LogP contribution in [0.2, 0.25) is 5.02 Å². The van der Waals surface area contributed by atoms with Crippen LogP contribution >= 0.6 is 11.6 Å². The molecular weight excluding hydrogens is 266 g/mol. The zero-order valence-corrected chi connectivity index (χ0v) is 11.1. The van der Waals surface area contributed by atoms with Crippen LogP contribution in [0.3, 0.4) is 0 Å². The van der Waals surface area contributed by atoms with E-state index in [0.29, 0.717) is 34.4 Å². The van der Waals surface area contributed by atoms with Gasteiger partial charge in [0.05, 0.1) is 16.7 Å². The summed E-state index contributed by atoms with van der Waals surface area (Å²) in [6.07, 6.45) is 3.02. The van der Waals surface area contributed by atoms with Gasteiger partial charge in [0.15, 0.2) is 5.82 Å². The second-order valence-corrected chi connectivity index (χ2v) is 5.00. The van der Waals surface area contributed by atoms with E-state index in [-0.39, 0.29) is 6.10 Å². The number of nitrogens with zero attached hydrogens (tertiary/aromatic N) is 2. The Morgan fingerprint density at radius 1 is 1.42 bits per heavy atom. The van der Waals surface area contributed by atoms with Crippen LogP contribution in [0.5, 0.6) is 0 Å². The molecule has 1 aromatic carbocycles. The average Bonchev–Trinajstić information content (AvgIpc) is 3.01. The molecule has 1 saturated heterocycles. The third kappa shape index (κ3) is 2.72. The summed E-state index contributed by atoms with van der Waals surface area (Å²) in [7, 11) is 0. The van der Waals surface area contributed by atoms with Gasteiger partial charge in [-0.1, -0.05) is 16.8 Å². The van der Waals surface area contributed by atoms with Gasteiger partial charge in [-0.2, -0.15) is 4.98 Å². The minimum absolute atomic E-state index is 0.201. The fraction of sp³-hybridized carbons (Fsp3) is 0.385. The molecule has 0 aliphatic carbocycles. The number of ether oxygens (including phenoxy) is 1. The lowest BCUT2D eigenvalue weighted by Crippen LogP contribution is -2.09. The van der Waals surface area contributed by atoms with Crippen molar-refractivity contribution in [2.24, 2.45) is 0 Å². The molecule has 1 aliphatic rings. The fourth-order valence-corrected chi connectivity index (χ4v) is 2.43. The smallest absolute Gasteiger partial charge is 0.259 e. The van der Waals surface area contributed by atoms with Gasteiger partial charge >= 0.3 is 0 Å². The summed E-state index contributed by atoms with van der Waals surface area (Å²) in [5.41, 5.74) is 6.95. The molecule has 1 atom stereocenters. The molecule has 1 unspecified atom stereocenters.